The number of rotatable bonds is 4. The highest BCUT2D eigenvalue weighted by Gasteiger charge is 2.46. The Labute approximate surface area is 121 Å². The van der Waals surface area contributed by atoms with Gasteiger partial charge in [-0.15, -0.1) is 0 Å². The molecule has 0 saturated carbocycles. The Balaban J connectivity index is 2.11. The van der Waals surface area contributed by atoms with E-state index in [2.05, 4.69) is 0 Å². The maximum Gasteiger partial charge on any atom is 0.338 e. The number of carbonyl (C=O) groups excluding carboxylic acids is 1. The molecule has 21 heavy (non-hydrogen) atoms. The Kier molecular flexibility index (Phi) is 5.27. The van der Waals surface area contributed by atoms with E-state index in [9.17, 15) is 15.0 Å². The first kappa shape index (κ1) is 15.9. The van der Waals surface area contributed by atoms with E-state index in [1.807, 2.05) is 0 Å². The van der Waals surface area contributed by atoms with Gasteiger partial charge >= 0.3 is 5.97 Å². The number of hydrogen-bond acceptors (Lipinski definition) is 7. The highest BCUT2D eigenvalue weighted by Crippen LogP contribution is 2.24. The first-order valence-electron chi connectivity index (χ1n) is 6.49. The average Bonchev–Trinajstić information content (AvgIpc) is 2.53. The van der Waals surface area contributed by atoms with Crippen LogP contribution in [0, 0.1) is 0 Å². The van der Waals surface area contributed by atoms with Crippen LogP contribution in [0.25, 0.3) is 0 Å². The topological polar surface area (TPSA) is 105 Å². The Morgan fingerprint density at radius 2 is 1.90 bits per heavy atom. The largest absolute Gasteiger partial charge is 0.450 e. The number of aliphatic hydroxyl groups is 3. The van der Waals surface area contributed by atoms with Crippen LogP contribution in [0.2, 0.25) is 0 Å². The van der Waals surface area contributed by atoms with E-state index >= 15 is 0 Å². The fraction of sp³-hybridized carbons (Fsp3) is 0.500. The second kappa shape index (κ2) is 6.97. The van der Waals surface area contributed by atoms with Crippen molar-refractivity contribution in [3.63, 3.8) is 0 Å². The van der Waals surface area contributed by atoms with Crippen LogP contribution in [-0.2, 0) is 14.2 Å². The first-order chi connectivity index (χ1) is 10.1. The molecule has 1 heterocycles. The lowest BCUT2D eigenvalue weighted by Gasteiger charge is -2.40. The van der Waals surface area contributed by atoms with E-state index in [1.54, 1.807) is 30.3 Å². The molecule has 1 aromatic rings. The van der Waals surface area contributed by atoms with E-state index in [0.717, 1.165) is 0 Å². The van der Waals surface area contributed by atoms with Gasteiger partial charge in [-0.25, -0.2) is 4.79 Å². The summed E-state index contributed by atoms with van der Waals surface area (Å²) in [6.07, 6.45) is -6.08. The number of hydrogen-bond donors (Lipinski definition) is 3. The summed E-state index contributed by atoms with van der Waals surface area (Å²) >= 11 is 0. The molecular weight excluding hydrogens is 280 g/mol. The molecule has 1 aliphatic heterocycles. The van der Waals surface area contributed by atoms with Crippen molar-refractivity contribution < 1.29 is 34.3 Å². The molecule has 0 aliphatic carbocycles. The van der Waals surface area contributed by atoms with Crippen LogP contribution in [0.15, 0.2) is 30.3 Å². The standard InChI is InChI=1S/C14H18O7/c1-19-14-12(11(17)10(16)9(7-15)20-14)21-13(18)8-5-3-2-4-6-8/h2-6,9-12,14-17H,7H2,1H3/t9-,10-,11+,12-,14+/m1/s1. The van der Waals surface area contributed by atoms with Crippen LogP contribution < -0.4 is 0 Å². The lowest BCUT2D eigenvalue weighted by Crippen LogP contribution is -2.60. The van der Waals surface area contributed by atoms with Gasteiger partial charge < -0.3 is 29.5 Å². The minimum Gasteiger partial charge on any atom is -0.450 e. The van der Waals surface area contributed by atoms with E-state index in [0.29, 0.717) is 5.56 Å². The maximum atomic E-state index is 12.0. The van der Waals surface area contributed by atoms with E-state index in [-0.39, 0.29) is 0 Å². The van der Waals surface area contributed by atoms with Crippen molar-refractivity contribution >= 4 is 5.97 Å². The zero-order valence-electron chi connectivity index (χ0n) is 11.5. The summed E-state index contributed by atoms with van der Waals surface area (Å²) in [6, 6.07) is 8.23. The molecule has 1 fully saturated rings. The Bertz CT molecular complexity index is 462. The molecule has 0 bridgehead atoms. The summed E-state index contributed by atoms with van der Waals surface area (Å²) in [5.74, 6) is -0.667. The van der Waals surface area contributed by atoms with Gasteiger partial charge in [0.15, 0.2) is 12.4 Å². The molecule has 5 atom stereocenters. The van der Waals surface area contributed by atoms with Crippen LogP contribution in [0.4, 0.5) is 0 Å². The summed E-state index contributed by atoms with van der Waals surface area (Å²) in [6.45, 7) is -0.489. The van der Waals surface area contributed by atoms with Gasteiger partial charge in [0.25, 0.3) is 0 Å². The van der Waals surface area contributed by atoms with E-state index in [1.165, 1.54) is 7.11 Å². The van der Waals surface area contributed by atoms with Crippen molar-refractivity contribution in [2.24, 2.45) is 0 Å². The third kappa shape index (κ3) is 3.39. The minimum atomic E-state index is -1.42. The number of ether oxygens (including phenoxy) is 3. The van der Waals surface area contributed by atoms with Crippen molar-refractivity contribution in [2.45, 2.75) is 30.7 Å². The van der Waals surface area contributed by atoms with Crippen molar-refractivity contribution in [1.82, 2.24) is 0 Å². The predicted octanol–water partition coefficient (Wildman–Crippen LogP) is -0.703. The number of carbonyl (C=O) groups is 1. The normalized spacial score (nSPS) is 32.7. The average molecular weight is 298 g/mol. The predicted molar refractivity (Wildman–Crippen MR) is 70.4 cm³/mol. The quantitative estimate of drug-likeness (QED) is 0.631. The summed E-state index contributed by atoms with van der Waals surface area (Å²) in [7, 11) is 1.31. The second-order valence-corrected chi connectivity index (χ2v) is 4.68. The summed E-state index contributed by atoms with van der Waals surface area (Å²) in [4.78, 5) is 12.0. The molecule has 1 aromatic carbocycles. The number of methoxy groups -OCH3 is 1. The van der Waals surface area contributed by atoms with Crippen LogP contribution in [0.1, 0.15) is 10.4 Å². The van der Waals surface area contributed by atoms with Crippen LogP contribution in [0.5, 0.6) is 0 Å². The molecule has 0 aromatic heterocycles. The van der Waals surface area contributed by atoms with Crippen molar-refractivity contribution in [3.8, 4) is 0 Å². The highest BCUT2D eigenvalue weighted by molar-refractivity contribution is 5.89. The van der Waals surface area contributed by atoms with E-state index in [4.69, 9.17) is 19.3 Å². The molecule has 0 spiro atoms. The molecule has 1 aliphatic rings. The SMILES string of the molecule is CO[C@H]1O[C@H](CO)[C@@H](O)[C@H](O)[C@H]1OC(=O)c1ccccc1. The van der Waals surface area contributed by atoms with Gasteiger partial charge in [-0.2, -0.15) is 0 Å². The molecule has 1 saturated heterocycles. The molecule has 2 rings (SSSR count). The lowest BCUT2D eigenvalue weighted by molar-refractivity contribution is -0.293. The van der Waals surface area contributed by atoms with Crippen LogP contribution >= 0.6 is 0 Å². The zero-order chi connectivity index (χ0) is 15.4. The van der Waals surface area contributed by atoms with Crippen molar-refractivity contribution in [3.05, 3.63) is 35.9 Å². The molecule has 0 amide bonds. The fourth-order valence-electron chi connectivity index (χ4n) is 2.14. The smallest absolute Gasteiger partial charge is 0.338 e. The Hall–Kier alpha value is -1.51. The number of benzene rings is 1. The number of aliphatic hydroxyl groups excluding tert-OH is 3. The minimum absolute atomic E-state index is 0.304. The van der Waals surface area contributed by atoms with Crippen LogP contribution in [0.3, 0.4) is 0 Å². The monoisotopic (exact) mass is 298 g/mol. The Morgan fingerprint density at radius 3 is 2.48 bits per heavy atom. The molecule has 0 unspecified atom stereocenters. The van der Waals surface area contributed by atoms with Gasteiger partial charge in [0.2, 0.25) is 0 Å². The van der Waals surface area contributed by atoms with Gasteiger partial charge in [0, 0.05) is 7.11 Å². The summed E-state index contributed by atoms with van der Waals surface area (Å²) < 4.78 is 15.4. The van der Waals surface area contributed by atoms with Crippen LogP contribution in [-0.4, -0.2) is 65.7 Å². The molecule has 7 nitrogen and oxygen atoms in total. The van der Waals surface area contributed by atoms with E-state index < -0.39 is 43.3 Å². The van der Waals surface area contributed by atoms with Gasteiger partial charge in [0.05, 0.1) is 12.2 Å². The fourth-order valence-corrected chi connectivity index (χ4v) is 2.14. The zero-order valence-corrected chi connectivity index (χ0v) is 11.5. The van der Waals surface area contributed by atoms with Crippen molar-refractivity contribution in [2.75, 3.05) is 13.7 Å². The number of esters is 1. The Morgan fingerprint density at radius 1 is 1.24 bits per heavy atom. The summed E-state index contributed by atoms with van der Waals surface area (Å²) in [5, 5.41) is 28.9. The van der Waals surface area contributed by atoms with Crippen molar-refractivity contribution in [1.29, 1.82) is 0 Å². The third-order valence-electron chi connectivity index (χ3n) is 3.31. The first-order valence-corrected chi connectivity index (χ1v) is 6.49. The van der Waals surface area contributed by atoms with Gasteiger partial charge in [-0.1, -0.05) is 18.2 Å². The van der Waals surface area contributed by atoms with Gasteiger partial charge in [-0.3, -0.25) is 0 Å². The highest BCUT2D eigenvalue weighted by atomic mass is 16.7. The molecular formula is C14H18O7. The maximum absolute atomic E-state index is 12.0. The molecule has 3 N–H and O–H groups in total. The second-order valence-electron chi connectivity index (χ2n) is 4.68. The lowest BCUT2D eigenvalue weighted by atomic mass is 9.99. The van der Waals surface area contributed by atoms with Gasteiger partial charge in [-0.05, 0) is 12.1 Å². The third-order valence-corrected chi connectivity index (χ3v) is 3.31. The summed E-state index contributed by atoms with van der Waals surface area (Å²) in [5.41, 5.74) is 0.304. The van der Waals surface area contributed by atoms with Gasteiger partial charge in [0.1, 0.15) is 18.3 Å². The molecule has 116 valence electrons. The molecule has 0 radical (unpaired) electrons. The molecule has 7 heteroatoms.